The van der Waals surface area contributed by atoms with Gasteiger partial charge in [-0.05, 0) is 53.9 Å². The Balaban J connectivity index is 1.75. The summed E-state index contributed by atoms with van der Waals surface area (Å²) in [6, 6.07) is 0.546. The summed E-state index contributed by atoms with van der Waals surface area (Å²) in [5, 5.41) is 3.65. The summed E-state index contributed by atoms with van der Waals surface area (Å²) in [6.45, 7) is 12.8. The van der Waals surface area contributed by atoms with Crippen molar-refractivity contribution in [1.29, 1.82) is 0 Å². The van der Waals surface area contributed by atoms with Gasteiger partial charge in [0.05, 0.1) is 6.10 Å². The SMILES string of the molecule is CCOC1CC(NCCN(CC)C(=O)OC(C)(C)C)C12CCC2. The molecule has 2 aliphatic rings. The Bertz CT molecular complexity index is 402. The molecule has 0 aliphatic heterocycles. The Kier molecular flexibility index (Phi) is 5.95. The highest BCUT2D eigenvalue weighted by Gasteiger charge is 2.58. The predicted molar refractivity (Wildman–Crippen MR) is 91.6 cm³/mol. The zero-order valence-electron chi connectivity index (χ0n) is 15.5. The lowest BCUT2D eigenvalue weighted by molar-refractivity contribution is -0.172. The molecule has 2 saturated carbocycles. The fourth-order valence-electron chi connectivity index (χ4n) is 3.80. The van der Waals surface area contributed by atoms with Gasteiger partial charge >= 0.3 is 6.09 Å². The average Bonchev–Trinajstić information content (AvgIpc) is 2.37. The Hall–Kier alpha value is -0.810. The van der Waals surface area contributed by atoms with Gasteiger partial charge in [0, 0.05) is 37.7 Å². The summed E-state index contributed by atoms with van der Waals surface area (Å²) < 4.78 is 11.3. The number of hydrogen-bond acceptors (Lipinski definition) is 4. The van der Waals surface area contributed by atoms with Gasteiger partial charge in [0.2, 0.25) is 0 Å². The van der Waals surface area contributed by atoms with Gasteiger partial charge < -0.3 is 19.7 Å². The third-order valence-corrected chi connectivity index (χ3v) is 5.24. The maximum Gasteiger partial charge on any atom is 0.410 e. The summed E-state index contributed by atoms with van der Waals surface area (Å²) in [5.74, 6) is 0. The number of nitrogens with zero attached hydrogens (tertiary/aromatic N) is 1. The van der Waals surface area contributed by atoms with Gasteiger partial charge in [0.25, 0.3) is 0 Å². The summed E-state index contributed by atoms with van der Waals surface area (Å²) in [5.41, 5.74) is -0.0639. The van der Waals surface area contributed by atoms with Crippen molar-refractivity contribution >= 4 is 6.09 Å². The molecule has 2 unspecified atom stereocenters. The van der Waals surface area contributed by atoms with Crippen LogP contribution in [-0.2, 0) is 9.47 Å². The molecule has 5 heteroatoms. The van der Waals surface area contributed by atoms with E-state index in [-0.39, 0.29) is 6.09 Å². The quantitative estimate of drug-likeness (QED) is 0.781. The minimum Gasteiger partial charge on any atom is -0.444 e. The third-order valence-electron chi connectivity index (χ3n) is 5.24. The first-order valence-electron chi connectivity index (χ1n) is 9.15. The van der Waals surface area contributed by atoms with Crippen molar-refractivity contribution in [3.8, 4) is 0 Å². The highest BCUT2D eigenvalue weighted by atomic mass is 16.6. The Morgan fingerprint density at radius 1 is 1.30 bits per heavy atom. The first-order chi connectivity index (χ1) is 10.8. The number of nitrogens with one attached hydrogen (secondary N) is 1. The minimum absolute atomic E-state index is 0.221. The first kappa shape index (κ1) is 18.5. The molecule has 2 atom stereocenters. The maximum absolute atomic E-state index is 12.1. The average molecular weight is 326 g/mol. The Morgan fingerprint density at radius 2 is 2.00 bits per heavy atom. The topological polar surface area (TPSA) is 50.8 Å². The van der Waals surface area contributed by atoms with E-state index in [9.17, 15) is 4.79 Å². The molecule has 0 radical (unpaired) electrons. The van der Waals surface area contributed by atoms with E-state index >= 15 is 0 Å². The molecule has 2 aliphatic carbocycles. The van der Waals surface area contributed by atoms with Gasteiger partial charge in [-0.1, -0.05) is 6.42 Å². The van der Waals surface area contributed by atoms with Gasteiger partial charge in [0.15, 0.2) is 0 Å². The number of carbonyl (C=O) groups excluding carboxylic acids is 1. The van der Waals surface area contributed by atoms with Crippen molar-refractivity contribution < 1.29 is 14.3 Å². The lowest BCUT2D eigenvalue weighted by Gasteiger charge is -2.61. The van der Waals surface area contributed by atoms with Crippen molar-refractivity contribution in [1.82, 2.24) is 10.2 Å². The fourth-order valence-corrected chi connectivity index (χ4v) is 3.80. The molecule has 1 amide bonds. The van der Waals surface area contributed by atoms with E-state index in [0.29, 0.717) is 30.7 Å². The molecule has 0 bridgehead atoms. The number of carbonyl (C=O) groups is 1. The van der Waals surface area contributed by atoms with Crippen LogP contribution < -0.4 is 5.32 Å². The van der Waals surface area contributed by atoms with Crippen LogP contribution in [0.15, 0.2) is 0 Å². The Morgan fingerprint density at radius 3 is 2.48 bits per heavy atom. The molecule has 1 N–H and O–H groups in total. The van der Waals surface area contributed by atoms with Crippen LogP contribution in [0, 0.1) is 5.41 Å². The van der Waals surface area contributed by atoms with Gasteiger partial charge in [-0.3, -0.25) is 0 Å². The van der Waals surface area contributed by atoms with Gasteiger partial charge in [-0.2, -0.15) is 0 Å². The molecule has 0 aromatic carbocycles. The van der Waals surface area contributed by atoms with Crippen molar-refractivity contribution in [3.63, 3.8) is 0 Å². The molecule has 0 aromatic heterocycles. The molecule has 0 saturated heterocycles. The highest BCUT2D eigenvalue weighted by Crippen LogP contribution is 2.57. The van der Waals surface area contributed by atoms with E-state index in [2.05, 4.69) is 12.2 Å². The smallest absolute Gasteiger partial charge is 0.410 e. The second-order valence-corrected chi connectivity index (χ2v) is 7.83. The number of hydrogen-bond donors (Lipinski definition) is 1. The van der Waals surface area contributed by atoms with Gasteiger partial charge in [0.1, 0.15) is 5.60 Å². The molecule has 2 rings (SSSR count). The van der Waals surface area contributed by atoms with Crippen LogP contribution in [0.5, 0.6) is 0 Å². The van der Waals surface area contributed by atoms with Crippen LogP contribution in [0.3, 0.4) is 0 Å². The van der Waals surface area contributed by atoms with E-state index in [1.54, 1.807) is 4.90 Å². The predicted octanol–water partition coefficient (Wildman–Crippen LogP) is 3.18. The van der Waals surface area contributed by atoms with Crippen LogP contribution >= 0.6 is 0 Å². The zero-order chi connectivity index (χ0) is 17.1. The van der Waals surface area contributed by atoms with E-state index in [1.807, 2.05) is 27.7 Å². The maximum atomic E-state index is 12.1. The van der Waals surface area contributed by atoms with Crippen molar-refractivity contribution in [2.24, 2.45) is 5.41 Å². The van der Waals surface area contributed by atoms with E-state index in [1.165, 1.54) is 19.3 Å². The molecule has 134 valence electrons. The van der Waals surface area contributed by atoms with Crippen molar-refractivity contribution in [2.75, 3.05) is 26.2 Å². The third kappa shape index (κ3) is 4.18. The standard InChI is InChI=1S/C18H34N2O3/c1-6-20(16(21)23-17(3,4)5)12-11-19-14-13-15(22-7-2)18(14)9-8-10-18/h14-15,19H,6-13H2,1-5H3. The lowest BCUT2D eigenvalue weighted by atomic mass is 9.51. The normalized spacial score (nSPS) is 25.6. The highest BCUT2D eigenvalue weighted by molar-refractivity contribution is 5.68. The van der Waals surface area contributed by atoms with Crippen LogP contribution in [-0.4, -0.2) is 55.0 Å². The van der Waals surface area contributed by atoms with Crippen LogP contribution in [0.1, 0.15) is 60.3 Å². The van der Waals surface area contributed by atoms with E-state index in [0.717, 1.165) is 19.6 Å². The molecule has 0 aromatic rings. The minimum atomic E-state index is -0.438. The first-order valence-corrected chi connectivity index (χ1v) is 9.15. The molecule has 5 nitrogen and oxygen atoms in total. The molecular weight excluding hydrogens is 292 g/mol. The van der Waals surface area contributed by atoms with Gasteiger partial charge in [-0.15, -0.1) is 0 Å². The number of amides is 1. The Labute approximate surface area is 141 Å². The van der Waals surface area contributed by atoms with Crippen molar-refractivity contribution in [2.45, 2.75) is 78.0 Å². The molecular formula is C18H34N2O3. The summed E-state index contributed by atoms with van der Waals surface area (Å²) >= 11 is 0. The second-order valence-electron chi connectivity index (χ2n) is 7.83. The largest absolute Gasteiger partial charge is 0.444 e. The van der Waals surface area contributed by atoms with E-state index < -0.39 is 5.60 Å². The fraction of sp³-hybridized carbons (Fsp3) is 0.944. The molecule has 23 heavy (non-hydrogen) atoms. The zero-order valence-corrected chi connectivity index (χ0v) is 15.5. The molecule has 2 fully saturated rings. The van der Waals surface area contributed by atoms with E-state index in [4.69, 9.17) is 9.47 Å². The lowest BCUT2D eigenvalue weighted by Crippen LogP contribution is -2.67. The molecule has 0 heterocycles. The summed E-state index contributed by atoms with van der Waals surface area (Å²) in [6.07, 6.45) is 5.19. The monoisotopic (exact) mass is 326 g/mol. The number of ether oxygens (including phenoxy) is 2. The van der Waals surface area contributed by atoms with Crippen LogP contribution in [0.2, 0.25) is 0 Å². The number of likely N-dealkylation sites (N-methyl/N-ethyl adjacent to an activating group) is 1. The number of rotatable bonds is 7. The molecule has 1 spiro atoms. The summed E-state index contributed by atoms with van der Waals surface area (Å²) in [7, 11) is 0. The van der Waals surface area contributed by atoms with Crippen LogP contribution in [0.25, 0.3) is 0 Å². The summed E-state index contributed by atoms with van der Waals surface area (Å²) in [4.78, 5) is 13.9. The van der Waals surface area contributed by atoms with Crippen LogP contribution in [0.4, 0.5) is 4.79 Å². The second kappa shape index (κ2) is 7.39. The van der Waals surface area contributed by atoms with Crippen molar-refractivity contribution in [3.05, 3.63) is 0 Å². The van der Waals surface area contributed by atoms with Gasteiger partial charge in [-0.25, -0.2) is 4.79 Å².